The smallest absolute Gasteiger partial charge is 0.333 e. The van der Waals surface area contributed by atoms with E-state index in [4.69, 9.17) is 15.5 Å². The zero-order chi connectivity index (χ0) is 14.6. The molecule has 0 saturated carbocycles. The third-order valence-electron chi connectivity index (χ3n) is 2.36. The summed E-state index contributed by atoms with van der Waals surface area (Å²) >= 11 is 0. The first-order valence-corrected chi connectivity index (χ1v) is 6.67. The fraction of sp³-hybridized carbons (Fsp3) is 0.273. The normalized spacial score (nSPS) is 12.7. The van der Waals surface area contributed by atoms with Crippen molar-refractivity contribution in [3.63, 3.8) is 0 Å². The summed E-state index contributed by atoms with van der Waals surface area (Å²) in [4.78, 5) is 10.3. The van der Waals surface area contributed by atoms with E-state index >= 15 is 0 Å². The Morgan fingerprint density at radius 2 is 2.16 bits per heavy atom. The van der Waals surface area contributed by atoms with Crippen LogP contribution in [0.1, 0.15) is 11.1 Å². The van der Waals surface area contributed by atoms with Crippen molar-refractivity contribution in [2.24, 2.45) is 0 Å². The minimum Gasteiger partial charge on any atom is -0.479 e. The Morgan fingerprint density at radius 1 is 1.53 bits per heavy atom. The van der Waals surface area contributed by atoms with Crippen LogP contribution in [0.15, 0.2) is 23.1 Å². The molecule has 0 amide bonds. The van der Waals surface area contributed by atoms with Crippen LogP contribution in [-0.4, -0.2) is 37.2 Å². The first-order chi connectivity index (χ1) is 8.77. The van der Waals surface area contributed by atoms with E-state index < -0.39 is 28.6 Å². The van der Waals surface area contributed by atoms with Gasteiger partial charge in [0.1, 0.15) is 0 Å². The number of carboxylic acid groups (broad SMARTS) is 1. The van der Waals surface area contributed by atoms with Crippen molar-refractivity contribution in [1.82, 2.24) is 4.72 Å². The third-order valence-corrected chi connectivity index (χ3v) is 3.92. The monoisotopic (exact) mass is 284 g/mol. The van der Waals surface area contributed by atoms with Crippen LogP contribution in [0.5, 0.6) is 0 Å². The number of aliphatic hydroxyl groups excluding tert-OH is 1. The fourth-order valence-electron chi connectivity index (χ4n) is 1.31. The maximum absolute atomic E-state index is 11.9. The Labute approximate surface area is 110 Å². The molecule has 0 heterocycles. The lowest BCUT2D eigenvalue weighted by atomic mass is 10.2. The lowest BCUT2D eigenvalue weighted by Gasteiger charge is -2.11. The molecule has 0 aliphatic rings. The molecule has 0 saturated heterocycles. The van der Waals surface area contributed by atoms with Crippen LogP contribution in [0, 0.1) is 18.3 Å². The van der Waals surface area contributed by atoms with E-state index in [-0.39, 0.29) is 10.5 Å². The molecule has 1 rings (SSSR count). The molecular formula is C11H12N2O5S. The van der Waals surface area contributed by atoms with Gasteiger partial charge in [-0.3, -0.25) is 0 Å². The van der Waals surface area contributed by atoms with Crippen LogP contribution >= 0.6 is 0 Å². The number of benzene rings is 1. The Hall–Kier alpha value is -1.95. The van der Waals surface area contributed by atoms with Crippen molar-refractivity contribution in [3.8, 4) is 6.07 Å². The molecule has 0 aromatic heterocycles. The number of aliphatic hydroxyl groups is 1. The van der Waals surface area contributed by atoms with Gasteiger partial charge in [0.05, 0.1) is 16.5 Å². The second-order valence-corrected chi connectivity index (χ2v) is 5.53. The number of sulfonamides is 1. The zero-order valence-corrected chi connectivity index (χ0v) is 10.8. The van der Waals surface area contributed by atoms with Crippen molar-refractivity contribution >= 4 is 16.0 Å². The summed E-state index contributed by atoms with van der Waals surface area (Å²) in [6, 6.07) is 5.95. The number of nitrogens with one attached hydrogen (secondary N) is 1. The summed E-state index contributed by atoms with van der Waals surface area (Å²) in [6.45, 7) is 0.900. The van der Waals surface area contributed by atoms with E-state index in [0.717, 1.165) is 0 Å². The van der Waals surface area contributed by atoms with Gasteiger partial charge in [-0.1, -0.05) is 6.07 Å². The van der Waals surface area contributed by atoms with E-state index in [1.54, 1.807) is 6.92 Å². The van der Waals surface area contributed by atoms with Gasteiger partial charge in [-0.15, -0.1) is 0 Å². The van der Waals surface area contributed by atoms with Crippen molar-refractivity contribution < 1.29 is 23.4 Å². The highest BCUT2D eigenvalue weighted by atomic mass is 32.2. The van der Waals surface area contributed by atoms with Crippen LogP contribution in [0.25, 0.3) is 0 Å². The van der Waals surface area contributed by atoms with Gasteiger partial charge in [-0.2, -0.15) is 5.26 Å². The molecule has 1 atom stereocenters. The number of carboxylic acids is 1. The molecule has 1 aromatic rings. The van der Waals surface area contributed by atoms with Crippen LogP contribution in [-0.2, 0) is 14.8 Å². The molecule has 102 valence electrons. The summed E-state index contributed by atoms with van der Waals surface area (Å²) in [6.07, 6.45) is -1.82. The molecule has 8 heteroatoms. The second-order valence-electron chi connectivity index (χ2n) is 3.80. The third kappa shape index (κ3) is 3.75. The van der Waals surface area contributed by atoms with Gasteiger partial charge in [-0.05, 0) is 24.6 Å². The molecule has 0 radical (unpaired) electrons. The van der Waals surface area contributed by atoms with Gasteiger partial charge >= 0.3 is 5.97 Å². The molecule has 7 nitrogen and oxygen atoms in total. The van der Waals surface area contributed by atoms with Crippen LogP contribution in [0.4, 0.5) is 0 Å². The molecule has 0 aliphatic heterocycles. The molecule has 0 aliphatic carbocycles. The second kappa shape index (κ2) is 5.79. The van der Waals surface area contributed by atoms with Crippen molar-refractivity contribution in [2.75, 3.05) is 6.54 Å². The van der Waals surface area contributed by atoms with E-state index in [2.05, 4.69) is 0 Å². The number of carbonyl (C=O) groups is 1. The van der Waals surface area contributed by atoms with Gasteiger partial charge < -0.3 is 10.2 Å². The fourth-order valence-corrected chi connectivity index (χ4v) is 2.62. The van der Waals surface area contributed by atoms with E-state index in [9.17, 15) is 13.2 Å². The summed E-state index contributed by atoms with van der Waals surface area (Å²) in [5.41, 5.74) is 0.584. The van der Waals surface area contributed by atoms with Crippen LogP contribution < -0.4 is 4.72 Å². The molecular weight excluding hydrogens is 272 g/mol. The Morgan fingerprint density at radius 3 is 2.68 bits per heavy atom. The number of nitriles is 1. The standard InChI is InChI=1S/C11H12N2O5S/c1-7-2-3-8(5-12)4-10(7)19(17,18)13-6-9(14)11(15)16/h2-4,9,13-14H,6H2,1H3,(H,15,16)/t9-/m0/s1. The van der Waals surface area contributed by atoms with E-state index in [1.165, 1.54) is 18.2 Å². The predicted molar refractivity (Wildman–Crippen MR) is 64.7 cm³/mol. The number of nitrogens with zero attached hydrogens (tertiary/aromatic N) is 1. The topological polar surface area (TPSA) is 127 Å². The van der Waals surface area contributed by atoms with Crippen molar-refractivity contribution in [2.45, 2.75) is 17.9 Å². The highest BCUT2D eigenvalue weighted by molar-refractivity contribution is 7.89. The maximum Gasteiger partial charge on any atom is 0.333 e. The van der Waals surface area contributed by atoms with Crippen molar-refractivity contribution in [3.05, 3.63) is 29.3 Å². The predicted octanol–water partition coefficient (Wildman–Crippen LogP) is -0.410. The summed E-state index contributed by atoms with van der Waals surface area (Å²) in [5.74, 6) is -1.52. The lowest BCUT2D eigenvalue weighted by molar-refractivity contribution is -0.146. The number of hydrogen-bond acceptors (Lipinski definition) is 5. The average Bonchev–Trinajstić information content (AvgIpc) is 2.36. The first kappa shape index (κ1) is 15.1. The minimum absolute atomic E-state index is 0.121. The summed E-state index contributed by atoms with van der Waals surface area (Å²) in [5, 5.41) is 26.2. The average molecular weight is 284 g/mol. The Bertz CT molecular complexity index is 633. The van der Waals surface area contributed by atoms with Gasteiger partial charge in [0, 0.05) is 6.54 Å². The SMILES string of the molecule is Cc1ccc(C#N)cc1S(=O)(=O)NC[C@H](O)C(=O)O. The lowest BCUT2D eigenvalue weighted by Crippen LogP contribution is -2.36. The number of hydrogen-bond donors (Lipinski definition) is 3. The molecule has 0 bridgehead atoms. The van der Waals surface area contributed by atoms with Crippen molar-refractivity contribution in [1.29, 1.82) is 5.26 Å². The van der Waals surface area contributed by atoms with Gasteiger partial charge in [0.15, 0.2) is 6.10 Å². The van der Waals surface area contributed by atoms with Crippen LogP contribution in [0.3, 0.4) is 0 Å². The van der Waals surface area contributed by atoms with Gasteiger partial charge in [0.2, 0.25) is 10.0 Å². The largest absolute Gasteiger partial charge is 0.479 e. The first-order valence-electron chi connectivity index (χ1n) is 5.19. The number of aryl methyl sites for hydroxylation is 1. The van der Waals surface area contributed by atoms with Gasteiger partial charge in [-0.25, -0.2) is 17.9 Å². The quantitative estimate of drug-likeness (QED) is 0.674. The molecule has 1 aromatic carbocycles. The summed E-state index contributed by atoms with van der Waals surface area (Å²) in [7, 11) is -3.98. The Kier molecular flexibility index (Phi) is 4.61. The van der Waals surface area contributed by atoms with Crippen LogP contribution in [0.2, 0.25) is 0 Å². The van der Waals surface area contributed by atoms with E-state index in [0.29, 0.717) is 5.56 Å². The molecule has 19 heavy (non-hydrogen) atoms. The zero-order valence-electron chi connectivity index (χ0n) is 9.99. The number of rotatable bonds is 5. The minimum atomic E-state index is -3.98. The highest BCUT2D eigenvalue weighted by Crippen LogP contribution is 2.16. The summed E-state index contributed by atoms with van der Waals surface area (Å²) < 4.78 is 25.8. The molecule has 3 N–H and O–H groups in total. The molecule has 0 spiro atoms. The van der Waals surface area contributed by atoms with Gasteiger partial charge in [0.25, 0.3) is 0 Å². The highest BCUT2D eigenvalue weighted by Gasteiger charge is 2.21. The Balaban J connectivity index is 3.01. The number of aliphatic carboxylic acids is 1. The maximum atomic E-state index is 11.9. The molecule has 0 fully saturated rings. The molecule has 0 unspecified atom stereocenters. The van der Waals surface area contributed by atoms with E-state index in [1.807, 2.05) is 10.8 Å².